The smallest absolute Gasteiger partial charge is 0.131 e. The summed E-state index contributed by atoms with van der Waals surface area (Å²) in [4.78, 5) is 11.4. The summed E-state index contributed by atoms with van der Waals surface area (Å²) in [5.74, 6) is 2.04. The van der Waals surface area contributed by atoms with E-state index in [2.05, 4.69) is 5.32 Å². The highest BCUT2D eigenvalue weighted by atomic mass is 16.5. The molecular weight excluding hydrogens is 238 g/mol. The van der Waals surface area contributed by atoms with Crippen LogP contribution >= 0.6 is 0 Å². The Kier molecular flexibility index (Phi) is 2.92. The van der Waals surface area contributed by atoms with Crippen LogP contribution in [0.25, 0.3) is 5.57 Å². The Labute approximate surface area is 111 Å². The first-order valence-corrected chi connectivity index (χ1v) is 6.08. The molecule has 0 radical (unpaired) electrons. The predicted octanol–water partition coefficient (Wildman–Crippen LogP) is 3.35. The quantitative estimate of drug-likeness (QED) is 0.790. The van der Waals surface area contributed by atoms with Crippen molar-refractivity contribution in [2.24, 2.45) is 0 Å². The maximum Gasteiger partial charge on any atom is 0.131 e. The van der Waals surface area contributed by atoms with E-state index in [1.807, 2.05) is 54.5 Å². The fourth-order valence-electron chi connectivity index (χ4n) is 2.46. The summed E-state index contributed by atoms with van der Waals surface area (Å²) in [5.41, 5.74) is 4.15. The minimum Gasteiger partial charge on any atom is -0.371 e. The molecule has 0 amide bonds. The van der Waals surface area contributed by atoms with Gasteiger partial charge in [0.05, 0.1) is 5.57 Å². The molecule has 0 spiro atoms. The van der Waals surface area contributed by atoms with Crippen molar-refractivity contribution in [2.45, 2.75) is 6.10 Å². The number of ether oxygens (including phenoxy) is 1. The van der Waals surface area contributed by atoms with Crippen molar-refractivity contribution in [2.75, 3.05) is 12.4 Å². The molecule has 0 aromatic heterocycles. The number of hydrogen-bond donors (Lipinski definition) is 1. The van der Waals surface area contributed by atoms with E-state index in [1.54, 1.807) is 7.11 Å². The molecular formula is C16H13NO2. The summed E-state index contributed by atoms with van der Waals surface area (Å²) < 4.78 is 5.52. The largest absolute Gasteiger partial charge is 0.371 e. The molecule has 0 saturated carbocycles. The Morgan fingerprint density at radius 1 is 1.05 bits per heavy atom. The monoisotopic (exact) mass is 251 g/mol. The molecule has 0 aliphatic carbocycles. The van der Waals surface area contributed by atoms with E-state index in [0.29, 0.717) is 5.57 Å². The topological polar surface area (TPSA) is 38.3 Å². The predicted molar refractivity (Wildman–Crippen MR) is 75.0 cm³/mol. The lowest BCUT2D eigenvalue weighted by Crippen LogP contribution is -2.04. The van der Waals surface area contributed by atoms with Gasteiger partial charge >= 0.3 is 0 Å². The van der Waals surface area contributed by atoms with Crippen LogP contribution in [0.2, 0.25) is 0 Å². The number of anilines is 2. The molecule has 2 aromatic carbocycles. The van der Waals surface area contributed by atoms with Gasteiger partial charge in [-0.25, -0.2) is 4.79 Å². The third kappa shape index (κ3) is 1.85. The van der Waals surface area contributed by atoms with Gasteiger partial charge in [0.15, 0.2) is 0 Å². The van der Waals surface area contributed by atoms with Crippen LogP contribution in [0, 0.1) is 0 Å². The van der Waals surface area contributed by atoms with Crippen LogP contribution in [-0.2, 0) is 9.53 Å². The summed E-state index contributed by atoms with van der Waals surface area (Å²) in [6.07, 6.45) is -0.398. The van der Waals surface area contributed by atoms with Crippen molar-refractivity contribution in [1.29, 1.82) is 0 Å². The average molecular weight is 251 g/mol. The highest BCUT2D eigenvalue weighted by molar-refractivity contribution is 5.97. The number of rotatable bonds is 1. The molecule has 1 unspecified atom stereocenters. The highest BCUT2D eigenvalue weighted by Crippen LogP contribution is 2.42. The van der Waals surface area contributed by atoms with Gasteiger partial charge in [-0.2, -0.15) is 0 Å². The zero-order chi connectivity index (χ0) is 13.2. The summed E-state index contributed by atoms with van der Waals surface area (Å²) in [7, 11) is 1.60. The molecule has 3 heteroatoms. The number of carbonyl (C=O) groups excluding carboxylic acids is 1. The first-order valence-electron chi connectivity index (χ1n) is 6.08. The Balaban J connectivity index is 2.30. The highest BCUT2D eigenvalue weighted by Gasteiger charge is 2.26. The maximum atomic E-state index is 11.4. The molecule has 1 aliphatic heterocycles. The van der Waals surface area contributed by atoms with E-state index in [-0.39, 0.29) is 0 Å². The maximum absolute atomic E-state index is 11.4. The molecule has 0 fully saturated rings. The van der Waals surface area contributed by atoms with Crippen LogP contribution < -0.4 is 5.32 Å². The lowest BCUT2D eigenvalue weighted by molar-refractivity contribution is 0.152. The second-order valence-electron chi connectivity index (χ2n) is 4.39. The number of nitrogens with one attached hydrogen (secondary N) is 1. The van der Waals surface area contributed by atoms with Crippen LogP contribution in [0.4, 0.5) is 11.4 Å². The van der Waals surface area contributed by atoms with Crippen LogP contribution in [0.15, 0.2) is 48.5 Å². The van der Waals surface area contributed by atoms with Gasteiger partial charge in [0.2, 0.25) is 0 Å². The Bertz CT molecular complexity index is 672. The second kappa shape index (κ2) is 4.73. The third-order valence-corrected chi connectivity index (χ3v) is 3.34. The number of fused-ring (bicyclic) bond motifs is 2. The molecule has 3 rings (SSSR count). The van der Waals surface area contributed by atoms with Crippen molar-refractivity contribution in [3.05, 3.63) is 59.7 Å². The van der Waals surface area contributed by atoms with Gasteiger partial charge in [-0.05, 0) is 12.1 Å². The lowest BCUT2D eigenvalue weighted by Gasteiger charge is -2.16. The van der Waals surface area contributed by atoms with Gasteiger partial charge in [0, 0.05) is 29.6 Å². The van der Waals surface area contributed by atoms with E-state index in [9.17, 15) is 4.79 Å². The van der Waals surface area contributed by atoms with E-state index < -0.39 is 6.10 Å². The van der Waals surface area contributed by atoms with Gasteiger partial charge in [0.1, 0.15) is 12.0 Å². The molecule has 0 bridgehead atoms. The van der Waals surface area contributed by atoms with Crippen molar-refractivity contribution in [3.8, 4) is 0 Å². The van der Waals surface area contributed by atoms with Gasteiger partial charge in [-0.3, -0.25) is 0 Å². The number of hydrogen-bond acceptors (Lipinski definition) is 3. The number of methoxy groups -OCH3 is 1. The fraction of sp³-hybridized carbons (Fsp3) is 0.125. The summed E-state index contributed by atoms with van der Waals surface area (Å²) in [6, 6.07) is 15.5. The first-order chi connectivity index (χ1) is 9.35. The van der Waals surface area contributed by atoms with Crippen molar-refractivity contribution < 1.29 is 9.53 Å². The van der Waals surface area contributed by atoms with Gasteiger partial charge in [0.25, 0.3) is 0 Å². The van der Waals surface area contributed by atoms with E-state index in [1.165, 1.54) is 0 Å². The van der Waals surface area contributed by atoms with E-state index >= 15 is 0 Å². The normalized spacial score (nSPS) is 16.7. The standard InChI is InChI=1S/C16H13NO2/c1-19-16-12-7-3-5-9-15(12)17-14-8-4-2-6-11(14)13(16)10-18/h2-9,16-17H,1H3. The van der Waals surface area contributed by atoms with Gasteiger partial charge in [-0.1, -0.05) is 36.4 Å². The fourth-order valence-corrected chi connectivity index (χ4v) is 2.46. The Hall–Kier alpha value is -2.35. The summed E-state index contributed by atoms with van der Waals surface area (Å²) in [6.45, 7) is 0. The van der Waals surface area contributed by atoms with Crippen molar-refractivity contribution in [3.63, 3.8) is 0 Å². The van der Waals surface area contributed by atoms with Crippen LogP contribution in [-0.4, -0.2) is 13.1 Å². The molecule has 19 heavy (non-hydrogen) atoms. The minimum absolute atomic E-state index is 0.398. The summed E-state index contributed by atoms with van der Waals surface area (Å²) >= 11 is 0. The Morgan fingerprint density at radius 3 is 2.47 bits per heavy atom. The van der Waals surface area contributed by atoms with Gasteiger partial charge < -0.3 is 10.1 Å². The average Bonchev–Trinajstić information content (AvgIpc) is 2.60. The lowest BCUT2D eigenvalue weighted by atomic mass is 9.96. The SMILES string of the molecule is COC1C(=C=O)c2ccccc2Nc2ccccc21. The molecule has 94 valence electrons. The van der Waals surface area contributed by atoms with E-state index in [4.69, 9.17) is 4.74 Å². The van der Waals surface area contributed by atoms with E-state index in [0.717, 1.165) is 22.5 Å². The third-order valence-electron chi connectivity index (χ3n) is 3.34. The molecule has 1 aliphatic rings. The van der Waals surface area contributed by atoms with Crippen molar-refractivity contribution >= 4 is 22.9 Å². The number of benzene rings is 2. The zero-order valence-corrected chi connectivity index (χ0v) is 10.5. The Morgan fingerprint density at radius 2 is 1.74 bits per heavy atom. The zero-order valence-electron chi connectivity index (χ0n) is 10.5. The van der Waals surface area contributed by atoms with Crippen LogP contribution in [0.1, 0.15) is 17.2 Å². The van der Waals surface area contributed by atoms with Crippen LogP contribution in [0.5, 0.6) is 0 Å². The summed E-state index contributed by atoms with van der Waals surface area (Å²) in [5, 5.41) is 3.35. The second-order valence-corrected chi connectivity index (χ2v) is 4.39. The van der Waals surface area contributed by atoms with Crippen molar-refractivity contribution in [1.82, 2.24) is 0 Å². The minimum atomic E-state index is -0.398. The molecule has 1 atom stereocenters. The molecule has 3 nitrogen and oxygen atoms in total. The molecule has 2 aromatic rings. The molecule has 1 N–H and O–H groups in total. The van der Waals surface area contributed by atoms with Crippen LogP contribution in [0.3, 0.4) is 0 Å². The number of para-hydroxylation sites is 2. The van der Waals surface area contributed by atoms with Gasteiger partial charge in [-0.15, -0.1) is 0 Å². The molecule has 0 saturated heterocycles. The first kappa shape index (κ1) is 11.7. The molecule has 1 heterocycles.